The highest BCUT2D eigenvalue weighted by atomic mass is 79.9. The smallest absolute Gasteiger partial charge is 0.409 e. The van der Waals surface area contributed by atoms with E-state index in [4.69, 9.17) is 16.3 Å². The Morgan fingerprint density at radius 2 is 2.08 bits per heavy atom. The molecule has 0 aliphatic carbocycles. The molecule has 0 unspecified atom stereocenters. The second-order valence-corrected chi connectivity index (χ2v) is 3.21. The summed E-state index contributed by atoms with van der Waals surface area (Å²) in [5, 5.41) is 0. The monoisotopic (exact) mass is 264 g/mol. The molecule has 0 aliphatic rings. The molecule has 0 N–H and O–H groups in total. The number of carbonyl (C=O) groups excluding carboxylic acids is 1. The number of benzene rings is 1. The quantitative estimate of drug-likeness (QED) is 0.770. The molecule has 0 saturated heterocycles. The van der Waals surface area contributed by atoms with Crippen LogP contribution in [0.3, 0.4) is 0 Å². The van der Waals surface area contributed by atoms with Gasteiger partial charge in [-0.3, -0.25) is 0 Å². The maximum absolute atomic E-state index is 10.4. The van der Waals surface area contributed by atoms with Crippen molar-refractivity contribution in [2.45, 2.75) is 0 Å². The summed E-state index contributed by atoms with van der Waals surface area (Å²) in [7, 11) is 1.52. The molecule has 5 heteroatoms. The zero-order valence-electron chi connectivity index (χ0n) is 6.71. The first-order chi connectivity index (χ1) is 6.15. The fraction of sp³-hybridized carbons (Fsp3) is 0.125. The Kier molecular flexibility index (Phi) is 3.57. The summed E-state index contributed by atoms with van der Waals surface area (Å²) in [4.78, 5) is 10.4. The Morgan fingerprint density at radius 1 is 1.46 bits per heavy atom. The molecule has 0 radical (unpaired) electrons. The van der Waals surface area contributed by atoms with Crippen LogP contribution in [0.4, 0.5) is 4.79 Å². The molecule has 3 nitrogen and oxygen atoms in total. The van der Waals surface area contributed by atoms with Crippen molar-refractivity contribution in [2.24, 2.45) is 0 Å². The van der Waals surface area contributed by atoms with E-state index >= 15 is 0 Å². The maximum Gasteiger partial charge on any atom is 0.409 e. The van der Waals surface area contributed by atoms with E-state index in [0.29, 0.717) is 16.0 Å². The Labute approximate surface area is 88.7 Å². The lowest BCUT2D eigenvalue weighted by Gasteiger charge is -2.06. The molecule has 13 heavy (non-hydrogen) atoms. The molecule has 1 aromatic carbocycles. The average molecular weight is 265 g/mol. The summed E-state index contributed by atoms with van der Waals surface area (Å²) in [5.74, 6) is 0.912. The number of hydrogen-bond acceptors (Lipinski definition) is 3. The summed E-state index contributed by atoms with van der Waals surface area (Å²) < 4.78 is 10.2. The summed E-state index contributed by atoms with van der Waals surface area (Å²) in [6.07, 6.45) is 0. The Morgan fingerprint density at radius 3 is 2.62 bits per heavy atom. The van der Waals surface area contributed by atoms with Crippen LogP contribution in [0.25, 0.3) is 0 Å². The van der Waals surface area contributed by atoms with Crippen LogP contribution in [0.1, 0.15) is 0 Å². The molecule has 0 amide bonds. The van der Waals surface area contributed by atoms with Gasteiger partial charge in [-0.15, -0.1) is 0 Å². The number of halogens is 2. The molecule has 0 heterocycles. The highest BCUT2D eigenvalue weighted by Crippen LogP contribution is 2.34. The van der Waals surface area contributed by atoms with Gasteiger partial charge in [0.15, 0.2) is 0 Å². The fourth-order valence-corrected chi connectivity index (χ4v) is 1.40. The second-order valence-electron chi connectivity index (χ2n) is 2.11. The molecular formula is C8H6BrClO3. The lowest BCUT2D eigenvalue weighted by atomic mass is 10.3. The van der Waals surface area contributed by atoms with Crippen molar-refractivity contribution in [2.75, 3.05) is 7.11 Å². The van der Waals surface area contributed by atoms with E-state index in [2.05, 4.69) is 20.7 Å². The van der Waals surface area contributed by atoms with Gasteiger partial charge in [-0.05, 0) is 28.1 Å². The number of hydrogen-bond donors (Lipinski definition) is 0. The molecule has 1 aromatic rings. The fourth-order valence-electron chi connectivity index (χ4n) is 0.814. The van der Waals surface area contributed by atoms with Crippen LogP contribution in [-0.4, -0.2) is 12.5 Å². The van der Waals surface area contributed by atoms with E-state index < -0.39 is 5.43 Å². The van der Waals surface area contributed by atoms with Crippen LogP contribution in [0.15, 0.2) is 22.7 Å². The van der Waals surface area contributed by atoms with Crippen molar-refractivity contribution >= 4 is 33.0 Å². The zero-order chi connectivity index (χ0) is 9.84. The van der Waals surface area contributed by atoms with E-state index in [1.54, 1.807) is 18.2 Å². The predicted molar refractivity (Wildman–Crippen MR) is 52.6 cm³/mol. The number of ether oxygens (including phenoxy) is 2. The lowest BCUT2D eigenvalue weighted by Crippen LogP contribution is -1.97. The molecule has 1 rings (SSSR count). The first-order valence-electron chi connectivity index (χ1n) is 3.35. The van der Waals surface area contributed by atoms with Crippen molar-refractivity contribution in [3.63, 3.8) is 0 Å². The molecule has 0 aliphatic heterocycles. The predicted octanol–water partition coefficient (Wildman–Crippen LogP) is 3.20. The van der Waals surface area contributed by atoms with Crippen LogP contribution in [-0.2, 0) is 0 Å². The summed E-state index contributed by atoms with van der Waals surface area (Å²) in [5.41, 5.74) is -0.881. The third-order valence-electron chi connectivity index (χ3n) is 1.34. The van der Waals surface area contributed by atoms with Crippen LogP contribution in [0.2, 0.25) is 0 Å². The highest BCUT2D eigenvalue weighted by molar-refractivity contribution is 9.10. The van der Waals surface area contributed by atoms with Crippen molar-refractivity contribution in [3.8, 4) is 11.5 Å². The van der Waals surface area contributed by atoms with Crippen LogP contribution < -0.4 is 9.47 Å². The molecule has 0 aromatic heterocycles. The van der Waals surface area contributed by atoms with Gasteiger partial charge in [0.2, 0.25) is 0 Å². The van der Waals surface area contributed by atoms with Gasteiger partial charge in [0.25, 0.3) is 0 Å². The van der Waals surface area contributed by atoms with Crippen molar-refractivity contribution < 1.29 is 14.3 Å². The van der Waals surface area contributed by atoms with Gasteiger partial charge in [-0.2, -0.15) is 0 Å². The lowest BCUT2D eigenvalue weighted by molar-refractivity contribution is 0.225. The molecule has 0 saturated carbocycles. The Bertz CT molecular complexity index is 327. The molecule has 70 valence electrons. The molecule has 0 fully saturated rings. The Balaban J connectivity index is 3.01. The third-order valence-corrected chi connectivity index (χ3v) is 2.20. The number of carbonyl (C=O) groups is 1. The summed E-state index contributed by atoms with van der Waals surface area (Å²) in [6, 6.07) is 5.03. The summed E-state index contributed by atoms with van der Waals surface area (Å²) in [6.45, 7) is 0. The van der Waals surface area contributed by atoms with Gasteiger partial charge in [-0.1, -0.05) is 6.07 Å². The van der Waals surface area contributed by atoms with E-state index in [1.165, 1.54) is 7.11 Å². The topological polar surface area (TPSA) is 35.5 Å². The minimum absolute atomic E-state index is 0.333. The third kappa shape index (κ3) is 2.60. The van der Waals surface area contributed by atoms with Crippen molar-refractivity contribution in [1.29, 1.82) is 0 Å². The van der Waals surface area contributed by atoms with E-state index in [-0.39, 0.29) is 0 Å². The van der Waals surface area contributed by atoms with Crippen molar-refractivity contribution in [3.05, 3.63) is 22.7 Å². The minimum Gasteiger partial charge on any atom is -0.495 e. The SMILES string of the molecule is COc1cccc(OC(=O)Cl)c1Br. The molecule has 0 bridgehead atoms. The molecular weight excluding hydrogens is 259 g/mol. The van der Waals surface area contributed by atoms with E-state index in [9.17, 15) is 4.79 Å². The highest BCUT2D eigenvalue weighted by Gasteiger charge is 2.09. The van der Waals surface area contributed by atoms with Gasteiger partial charge in [0.05, 0.1) is 7.11 Å². The standard InChI is InChI=1S/C8H6BrClO3/c1-12-5-3-2-4-6(7(5)9)13-8(10)11/h2-4H,1H3. The first kappa shape index (κ1) is 10.3. The number of rotatable bonds is 2. The van der Waals surface area contributed by atoms with E-state index in [1.807, 2.05) is 0 Å². The maximum atomic E-state index is 10.4. The van der Waals surface area contributed by atoms with Gasteiger partial charge in [0.1, 0.15) is 16.0 Å². The Hall–Kier alpha value is -0.740. The second kappa shape index (κ2) is 4.48. The van der Waals surface area contributed by atoms with Gasteiger partial charge < -0.3 is 9.47 Å². The van der Waals surface area contributed by atoms with E-state index in [0.717, 1.165) is 0 Å². The molecule has 0 atom stereocenters. The normalized spacial score (nSPS) is 9.46. The first-order valence-corrected chi connectivity index (χ1v) is 4.52. The van der Waals surface area contributed by atoms with Crippen molar-refractivity contribution in [1.82, 2.24) is 0 Å². The minimum atomic E-state index is -0.881. The molecule has 0 spiro atoms. The summed E-state index contributed by atoms with van der Waals surface area (Å²) >= 11 is 8.27. The van der Waals surface area contributed by atoms with Crippen LogP contribution >= 0.6 is 27.5 Å². The zero-order valence-corrected chi connectivity index (χ0v) is 9.05. The van der Waals surface area contributed by atoms with Gasteiger partial charge in [0, 0.05) is 11.6 Å². The van der Waals surface area contributed by atoms with Crippen LogP contribution in [0, 0.1) is 0 Å². The average Bonchev–Trinajstić information content (AvgIpc) is 2.08. The van der Waals surface area contributed by atoms with Gasteiger partial charge >= 0.3 is 5.43 Å². The largest absolute Gasteiger partial charge is 0.495 e. The number of methoxy groups -OCH3 is 1. The van der Waals surface area contributed by atoms with Gasteiger partial charge in [-0.25, -0.2) is 4.79 Å². The van der Waals surface area contributed by atoms with Crippen LogP contribution in [0.5, 0.6) is 11.5 Å².